The van der Waals surface area contributed by atoms with Crippen LogP contribution in [0.3, 0.4) is 0 Å². The average Bonchev–Trinajstić information content (AvgIpc) is 3.18. The second kappa shape index (κ2) is 8.06. The van der Waals surface area contributed by atoms with Crippen molar-refractivity contribution in [2.45, 2.75) is 11.4 Å². The van der Waals surface area contributed by atoms with Gasteiger partial charge in [0.05, 0.1) is 4.92 Å². The zero-order chi connectivity index (χ0) is 21.2. The molecule has 150 valence electrons. The summed E-state index contributed by atoms with van der Waals surface area (Å²) in [5, 5.41) is 11.3. The number of benzene rings is 2. The zero-order valence-corrected chi connectivity index (χ0v) is 16.8. The van der Waals surface area contributed by atoms with Crippen molar-refractivity contribution in [2.24, 2.45) is 0 Å². The van der Waals surface area contributed by atoms with Crippen LogP contribution in [0.4, 0.5) is 5.69 Å². The minimum Gasteiger partial charge on any atom is -0.336 e. The predicted octanol–water partition coefficient (Wildman–Crippen LogP) is 3.56. The number of halogens is 1. The van der Waals surface area contributed by atoms with Crippen LogP contribution >= 0.6 is 11.6 Å². The highest BCUT2D eigenvalue weighted by Crippen LogP contribution is 2.29. The van der Waals surface area contributed by atoms with Gasteiger partial charge in [0.1, 0.15) is 5.69 Å². The maximum atomic E-state index is 13.1. The minimum atomic E-state index is -4.43. The van der Waals surface area contributed by atoms with Crippen molar-refractivity contribution in [3.63, 3.8) is 0 Å². The standard InChI is InChI=1S/C19H16ClN3O5S/c1-21(13-14-6-3-2-4-7-14)19(24)17-8-5-11-22(17)29(27,28)18-12-15(20)9-10-16(18)23(25)26/h2-12H,13H2,1H3. The Balaban J connectivity index is 2.00. The molecule has 0 bridgehead atoms. The van der Waals surface area contributed by atoms with Gasteiger partial charge in [0.15, 0.2) is 4.90 Å². The Morgan fingerprint density at radius 3 is 2.48 bits per heavy atom. The van der Waals surface area contributed by atoms with Crippen LogP contribution in [-0.4, -0.2) is 35.2 Å². The number of aromatic nitrogens is 1. The molecule has 0 aliphatic rings. The molecular formula is C19H16ClN3O5S. The van der Waals surface area contributed by atoms with E-state index in [1.54, 1.807) is 7.05 Å². The van der Waals surface area contributed by atoms with Crippen LogP contribution in [0.1, 0.15) is 16.1 Å². The second-order valence-electron chi connectivity index (χ2n) is 6.21. The first kappa shape index (κ1) is 20.6. The summed E-state index contributed by atoms with van der Waals surface area (Å²) in [5.74, 6) is -0.549. The highest BCUT2D eigenvalue weighted by atomic mass is 35.5. The molecule has 3 aromatic rings. The van der Waals surface area contributed by atoms with E-state index in [2.05, 4.69) is 0 Å². The first-order valence-electron chi connectivity index (χ1n) is 8.38. The van der Waals surface area contributed by atoms with E-state index in [-0.39, 0.29) is 17.3 Å². The number of nitro groups is 1. The first-order valence-corrected chi connectivity index (χ1v) is 10.2. The summed E-state index contributed by atoms with van der Waals surface area (Å²) in [4.78, 5) is 24.1. The van der Waals surface area contributed by atoms with Crippen LogP contribution in [0.2, 0.25) is 5.02 Å². The summed E-state index contributed by atoms with van der Waals surface area (Å²) in [7, 11) is -2.89. The molecule has 0 fully saturated rings. The van der Waals surface area contributed by atoms with E-state index in [0.717, 1.165) is 21.7 Å². The van der Waals surface area contributed by atoms with E-state index < -0.39 is 31.4 Å². The second-order valence-corrected chi connectivity index (χ2v) is 8.43. The van der Waals surface area contributed by atoms with Crippen LogP contribution in [0.25, 0.3) is 0 Å². The molecule has 1 heterocycles. The van der Waals surface area contributed by atoms with Gasteiger partial charge in [-0.3, -0.25) is 14.9 Å². The van der Waals surface area contributed by atoms with Gasteiger partial charge in [0.25, 0.3) is 21.6 Å². The molecule has 8 nitrogen and oxygen atoms in total. The summed E-state index contributed by atoms with van der Waals surface area (Å²) in [6.07, 6.45) is 1.17. The lowest BCUT2D eigenvalue weighted by atomic mass is 10.2. The number of carbonyl (C=O) groups excluding carboxylic acids is 1. The molecule has 0 N–H and O–H groups in total. The lowest BCUT2D eigenvalue weighted by molar-refractivity contribution is -0.387. The van der Waals surface area contributed by atoms with Crippen LogP contribution < -0.4 is 0 Å². The maximum absolute atomic E-state index is 13.1. The van der Waals surface area contributed by atoms with Crippen molar-refractivity contribution < 1.29 is 18.1 Å². The molecule has 0 spiro atoms. The molecule has 0 aliphatic heterocycles. The third-order valence-corrected chi connectivity index (χ3v) is 6.15. The normalized spacial score (nSPS) is 11.2. The van der Waals surface area contributed by atoms with Crippen molar-refractivity contribution in [1.82, 2.24) is 8.87 Å². The molecule has 0 unspecified atom stereocenters. The topological polar surface area (TPSA) is 103 Å². The fraction of sp³-hybridized carbons (Fsp3) is 0.105. The van der Waals surface area contributed by atoms with Crippen LogP contribution in [0, 0.1) is 10.1 Å². The molecule has 1 aromatic heterocycles. The van der Waals surface area contributed by atoms with Crippen LogP contribution in [0.15, 0.2) is 71.8 Å². The fourth-order valence-corrected chi connectivity index (χ4v) is 4.58. The van der Waals surface area contributed by atoms with E-state index in [1.165, 1.54) is 29.3 Å². The smallest absolute Gasteiger partial charge is 0.290 e. The molecule has 2 aromatic carbocycles. The molecule has 3 rings (SSSR count). The number of hydrogen-bond donors (Lipinski definition) is 0. The van der Waals surface area contributed by atoms with Crippen LogP contribution in [0.5, 0.6) is 0 Å². The largest absolute Gasteiger partial charge is 0.336 e. The number of rotatable bonds is 6. The Kier molecular flexibility index (Phi) is 5.71. The SMILES string of the molecule is CN(Cc1ccccc1)C(=O)c1cccn1S(=O)(=O)c1cc(Cl)ccc1[N+](=O)[O-]. The number of nitrogens with zero attached hydrogens (tertiary/aromatic N) is 3. The van der Waals surface area contributed by atoms with E-state index in [4.69, 9.17) is 11.6 Å². The van der Waals surface area contributed by atoms with Gasteiger partial charge in [-0.2, -0.15) is 0 Å². The molecule has 29 heavy (non-hydrogen) atoms. The highest BCUT2D eigenvalue weighted by molar-refractivity contribution is 7.90. The van der Waals surface area contributed by atoms with E-state index in [9.17, 15) is 23.3 Å². The first-order chi connectivity index (χ1) is 13.7. The maximum Gasteiger partial charge on any atom is 0.290 e. The van der Waals surface area contributed by atoms with Gasteiger partial charge in [-0.25, -0.2) is 12.4 Å². The molecule has 1 amide bonds. The van der Waals surface area contributed by atoms with E-state index in [0.29, 0.717) is 0 Å². The number of amides is 1. The molecule has 0 aliphatic carbocycles. The van der Waals surface area contributed by atoms with Crippen molar-refractivity contribution >= 4 is 33.2 Å². The number of carbonyl (C=O) groups is 1. The molecule has 0 saturated carbocycles. The van der Waals surface area contributed by atoms with E-state index >= 15 is 0 Å². The van der Waals surface area contributed by atoms with Gasteiger partial charge in [-0.15, -0.1) is 0 Å². The zero-order valence-electron chi connectivity index (χ0n) is 15.2. The average molecular weight is 434 g/mol. The van der Waals surface area contributed by atoms with Crippen molar-refractivity contribution in [3.05, 3.63) is 93.3 Å². The Labute approximate surface area is 172 Å². The summed E-state index contributed by atoms with van der Waals surface area (Å²) >= 11 is 5.86. The Morgan fingerprint density at radius 1 is 1.14 bits per heavy atom. The predicted molar refractivity (Wildman–Crippen MR) is 107 cm³/mol. The lowest BCUT2D eigenvalue weighted by Gasteiger charge is -2.18. The summed E-state index contributed by atoms with van der Waals surface area (Å²) in [6.45, 7) is 0.266. The van der Waals surface area contributed by atoms with Crippen molar-refractivity contribution in [2.75, 3.05) is 7.05 Å². The van der Waals surface area contributed by atoms with E-state index in [1.807, 2.05) is 30.3 Å². The van der Waals surface area contributed by atoms with Crippen molar-refractivity contribution in [1.29, 1.82) is 0 Å². The Morgan fingerprint density at radius 2 is 1.83 bits per heavy atom. The van der Waals surface area contributed by atoms with Crippen molar-refractivity contribution in [3.8, 4) is 0 Å². The lowest BCUT2D eigenvalue weighted by Crippen LogP contribution is -2.30. The summed E-state index contributed by atoms with van der Waals surface area (Å²) in [6, 6.07) is 15.2. The number of nitro benzene ring substituents is 1. The molecule has 0 saturated heterocycles. The summed E-state index contributed by atoms with van der Waals surface area (Å²) < 4.78 is 26.9. The van der Waals surface area contributed by atoms with Crippen LogP contribution in [-0.2, 0) is 16.6 Å². The summed E-state index contributed by atoms with van der Waals surface area (Å²) in [5.41, 5.74) is 0.103. The van der Waals surface area contributed by atoms with Gasteiger partial charge in [0, 0.05) is 30.9 Å². The Hall–Kier alpha value is -3.17. The molecular weight excluding hydrogens is 418 g/mol. The quantitative estimate of drug-likeness (QED) is 0.436. The Bertz CT molecular complexity index is 1180. The van der Waals surface area contributed by atoms with Gasteiger partial charge in [-0.05, 0) is 29.8 Å². The van der Waals surface area contributed by atoms with Gasteiger partial charge >= 0.3 is 0 Å². The monoisotopic (exact) mass is 433 g/mol. The minimum absolute atomic E-state index is 0.0235. The third-order valence-electron chi connectivity index (χ3n) is 4.20. The third kappa shape index (κ3) is 4.15. The van der Waals surface area contributed by atoms with Gasteiger partial charge < -0.3 is 4.90 Å². The molecule has 10 heteroatoms. The fourth-order valence-electron chi connectivity index (χ4n) is 2.82. The highest BCUT2D eigenvalue weighted by Gasteiger charge is 2.31. The number of hydrogen-bond acceptors (Lipinski definition) is 5. The van der Waals surface area contributed by atoms with Gasteiger partial charge in [0.2, 0.25) is 0 Å². The molecule has 0 radical (unpaired) electrons. The molecule has 0 atom stereocenters. The van der Waals surface area contributed by atoms with Gasteiger partial charge in [-0.1, -0.05) is 41.9 Å².